The van der Waals surface area contributed by atoms with E-state index < -0.39 is 53.9 Å². The molecule has 1 aromatic heterocycles. The molecule has 0 saturated carbocycles. The third-order valence-electron chi connectivity index (χ3n) is 12.6. The maximum atomic E-state index is 14.6. The molecule has 0 aliphatic carbocycles. The van der Waals surface area contributed by atoms with E-state index in [1.807, 2.05) is 58.0 Å². The molecule has 350 valence electrons. The number of hydrogen-bond acceptors (Lipinski definition) is 11. The number of ketones is 1. The smallest absolute Gasteiger partial charge is 0.306 e. The molecule has 1 saturated heterocycles. The van der Waals surface area contributed by atoms with Crippen molar-refractivity contribution in [3.63, 3.8) is 0 Å². The van der Waals surface area contributed by atoms with Gasteiger partial charge < -0.3 is 25.0 Å². The third-order valence-corrected chi connectivity index (χ3v) is 13.5. The minimum atomic E-state index is -0.965. The Morgan fingerprint density at radius 1 is 0.969 bits per heavy atom. The van der Waals surface area contributed by atoms with Gasteiger partial charge in [0, 0.05) is 81.9 Å². The maximum absolute atomic E-state index is 14.6. The van der Waals surface area contributed by atoms with Gasteiger partial charge in [0.15, 0.2) is 11.9 Å². The molecule has 15 nitrogen and oxygen atoms in total. The number of thiazole rings is 1. The molecule has 4 rings (SSSR count). The monoisotopic (exact) mass is 905 g/mol. The van der Waals surface area contributed by atoms with Gasteiger partial charge in [-0.1, -0.05) is 77.8 Å². The molecule has 3 heterocycles. The van der Waals surface area contributed by atoms with Gasteiger partial charge in [-0.25, -0.2) is 4.98 Å². The van der Waals surface area contributed by atoms with E-state index in [2.05, 4.69) is 10.3 Å². The molecule has 1 fully saturated rings. The second-order valence-corrected chi connectivity index (χ2v) is 18.6. The molecule has 0 spiro atoms. The number of imide groups is 1. The van der Waals surface area contributed by atoms with Crippen molar-refractivity contribution in [2.24, 2.45) is 23.7 Å². The fraction of sp³-hybridized carbons (Fsp3) is 0.604. The Balaban J connectivity index is 1.44. The third kappa shape index (κ3) is 14.6. The van der Waals surface area contributed by atoms with Gasteiger partial charge in [-0.05, 0) is 62.3 Å². The number of nitrogens with one attached hydrogen (secondary N) is 1. The van der Waals surface area contributed by atoms with Crippen LogP contribution in [-0.2, 0) is 44.7 Å². The molecule has 16 heteroatoms. The predicted molar refractivity (Wildman–Crippen MR) is 242 cm³/mol. The Labute approximate surface area is 381 Å². The average Bonchev–Trinajstić information content (AvgIpc) is 3.89. The Morgan fingerprint density at radius 2 is 1.66 bits per heavy atom. The summed E-state index contributed by atoms with van der Waals surface area (Å²) in [4.78, 5) is 113. The lowest BCUT2D eigenvalue weighted by atomic mass is 9.82. The first kappa shape index (κ1) is 51.4. The normalized spacial score (nSPS) is 18.0. The fourth-order valence-corrected chi connectivity index (χ4v) is 9.43. The van der Waals surface area contributed by atoms with E-state index in [4.69, 9.17) is 4.74 Å². The van der Waals surface area contributed by atoms with Crippen LogP contribution in [0, 0.1) is 23.7 Å². The summed E-state index contributed by atoms with van der Waals surface area (Å²) >= 11 is 1.15. The first-order chi connectivity index (χ1) is 30.4. The summed E-state index contributed by atoms with van der Waals surface area (Å²) in [5, 5.41) is 14.5. The highest BCUT2D eigenvalue weighted by molar-refractivity contribution is 7.09. The van der Waals surface area contributed by atoms with Crippen LogP contribution in [0.15, 0.2) is 47.9 Å². The average molecular weight is 906 g/mol. The van der Waals surface area contributed by atoms with E-state index in [0.29, 0.717) is 56.6 Å². The number of hydrogen-bond donors (Lipinski definition) is 2. The van der Waals surface area contributed by atoms with Crippen molar-refractivity contribution in [3.05, 3.63) is 64.1 Å². The Morgan fingerprint density at radius 3 is 2.28 bits per heavy atom. The van der Waals surface area contributed by atoms with Gasteiger partial charge in [-0.3, -0.25) is 43.3 Å². The van der Waals surface area contributed by atoms with Crippen molar-refractivity contribution >= 4 is 58.6 Å². The number of carboxylic acids is 1. The highest BCUT2D eigenvalue weighted by Gasteiger charge is 2.39. The summed E-state index contributed by atoms with van der Waals surface area (Å²) in [6.07, 6.45) is 7.14. The quantitative estimate of drug-likeness (QED) is 0.0621. The lowest BCUT2D eigenvalue weighted by Crippen LogP contribution is -2.50. The van der Waals surface area contributed by atoms with Gasteiger partial charge in [-0.2, -0.15) is 0 Å². The molecule has 64 heavy (non-hydrogen) atoms. The van der Waals surface area contributed by atoms with E-state index in [-0.39, 0.29) is 72.6 Å². The van der Waals surface area contributed by atoms with E-state index in [9.17, 15) is 43.5 Å². The number of aliphatic carboxylic acids is 1. The Kier molecular flexibility index (Phi) is 19.8. The van der Waals surface area contributed by atoms with E-state index in [1.54, 1.807) is 29.2 Å². The van der Waals surface area contributed by atoms with Gasteiger partial charge >= 0.3 is 11.9 Å². The van der Waals surface area contributed by atoms with Crippen LogP contribution >= 0.6 is 11.3 Å². The standard InChI is InChI=1S/C48H67N5O10S/c1-8-31(4)36(27-40(55)38-19-14-16-23-52(38)42(56)20-13-10-15-24-53-43(57)21-22-44(53)58)47(60)51(7)39(30(2)3)28-41(63-33(6)54)46-50-37(29-64-46)45(59)49-35(25-32(5)48(61)62)26-34-17-11-9-12-18-34/h9,11-12,17-18,21-22,29-32,35-36,38-39,41H,8,10,13-16,19-20,23-28H2,1-7H3,(H,49,59)(H,61,62)/t31-,32-,35+,36-,38+,39+,41+/m0/s1. The fourth-order valence-electron chi connectivity index (χ4n) is 8.59. The second kappa shape index (κ2) is 24.7. The highest BCUT2D eigenvalue weighted by Crippen LogP contribution is 2.33. The summed E-state index contributed by atoms with van der Waals surface area (Å²) in [6, 6.07) is 7.89. The predicted octanol–water partition coefficient (Wildman–Crippen LogP) is 6.56. The van der Waals surface area contributed by atoms with Crippen LogP contribution in [0.5, 0.6) is 0 Å². The topological polar surface area (TPSA) is 201 Å². The lowest BCUT2D eigenvalue weighted by molar-refractivity contribution is -0.150. The number of carbonyl (C=O) groups excluding carboxylic acids is 7. The molecule has 2 aromatic rings. The number of unbranched alkanes of at least 4 members (excludes halogenated alkanes) is 2. The van der Waals surface area contributed by atoms with Crippen molar-refractivity contribution in [3.8, 4) is 0 Å². The zero-order valence-electron chi connectivity index (χ0n) is 38.5. The van der Waals surface area contributed by atoms with Crippen LogP contribution in [0.4, 0.5) is 0 Å². The van der Waals surface area contributed by atoms with Crippen molar-refractivity contribution < 1.29 is 48.2 Å². The Bertz CT molecular complexity index is 1970. The number of Topliss-reactive ketones (excluding diaryl/α,β-unsaturated/α-hetero) is 1. The molecular formula is C48H67N5O10S. The molecule has 7 atom stereocenters. The number of rotatable bonds is 25. The first-order valence-corrected chi connectivity index (χ1v) is 23.6. The number of esters is 1. The Hall–Kier alpha value is -5.25. The number of aromatic nitrogens is 1. The molecule has 0 radical (unpaired) electrons. The van der Waals surface area contributed by atoms with Crippen molar-refractivity contribution in [1.82, 2.24) is 25.0 Å². The molecular weight excluding hydrogens is 839 g/mol. The first-order valence-electron chi connectivity index (χ1n) is 22.7. The number of benzene rings is 1. The maximum Gasteiger partial charge on any atom is 0.306 e. The molecule has 0 bridgehead atoms. The molecule has 2 N–H and O–H groups in total. The summed E-state index contributed by atoms with van der Waals surface area (Å²) in [7, 11) is 1.70. The number of nitrogens with zero attached hydrogens (tertiary/aromatic N) is 4. The van der Waals surface area contributed by atoms with Gasteiger partial charge in [0.2, 0.25) is 11.8 Å². The van der Waals surface area contributed by atoms with Crippen LogP contribution < -0.4 is 5.32 Å². The molecule has 1 aromatic carbocycles. The van der Waals surface area contributed by atoms with Gasteiger partial charge in [-0.15, -0.1) is 11.3 Å². The van der Waals surface area contributed by atoms with Gasteiger partial charge in [0.1, 0.15) is 10.7 Å². The second-order valence-electron chi connectivity index (χ2n) is 17.7. The number of ether oxygens (including phenoxy) is 1. The van der Waals surface area contributed by atoms with Gasteiger partial charge in [0.25, 0.3) is 17.7 Å². The number of carboxylic acid groups (broad SMARTS) is 1. The van der Waals surface area contributed by atoms with Crippen LogP contribution in [0.2, 0.25) is 0 Å². The molecule has 2 aliphatic heterocycles. The summed E-state index contributed by atoms with van der Waals surface area (Å²) in [5.41, 5.74) is 1.04. The zero-order chi connectivity index (χ0) is 47.1. The zero-order valence-corrected chi connectivity index (χ0v) is 39.3. The lowest BCUT2D eigenvalue weighted by Gasteiger charge is -2.38. The largest absolute Gasteiger partial charge is 0.481 e. The van der Waals surface area contributed by atoms with Crippen molar-refractivity contribution in [1.29, 1.82) is 0 Å². The van der Waals surface area contributed by atoms with Crippen LogP contribution in [0.25, 0.3) is 0 Å². The van der Waals surface area contributed by atoms with Crippen LogP contribution in [-0.4, -0.2) is 110 Å². The van der Waals surface area contributed by atoms with E-state index in [0.717, 1.165) is 29.7 Å². The number of amides is 5. The van der Waals surface area contributed by atoms with Crippen molar-refractivity contribution in [2.45, 2.75) is 143 Å². The molecule has 0 unspecified atom stereocenters. The van der Waals surface area contributed by atoms with Gasteiger partial charge in [0.05, 0.1) is 12.0 Å². The summed E-state index contributed by atoms with van der Waals surface area (Å²) < 4.78 is 5.81. The van der Waals surface area contributed by atoms with E-state index in [1.165, 1.54) is 24.0 Å². The summed E-state index contributed by atoms with van der Waals surface area (Å²) in [6.45, 7) is 11.5. The minimum Gasteiger partial charge on any atom is -0.481 e. The molecule has 5 amide bonds. The number of carbonyl (C=O) groups is 8. The SMILES string of the molecule is CC[C@H](C)[C@H](CC(=O)[C@H]1CCCCN1C(=O)CCCCCN1C(=O)C=CC1=O)C(=O)N(C)[C@H](C[C@@H](OC(C)=O)c1nc(C(=O)N[C@@H](Cc2ccccc2)C[C@H](C)C(=O)O)cs1)C(C)C. The highest BCUT2D eigenvalue weighted by atomic mass is 32.1. The number of piperidine rings is 1. The summed E-state index contributed by atoms with van der Waals surface area (Å²) in [5.74, 6) is -4.78. The van der Waals surface area contributed by atoms with Crippen molar-refractivity contribution in [2.75, 3.05) is 20.1 Å². The van der Waals surface area contributed by atoms with E-state index >= 15 is 0 Å². The minimum absolute atomic E-state index is 0.0296. The molecule has 2 aliphatic rings. The number of likely N-dealkylation sites (tertiary alicyclic amines) is 1. The van der Waals surface area contributed by atoms with Crippen LogP contribution in [0.3, 0.4) is 0 Å². The van der Waals surface area contributed by atoms with Crippen LogP contribution in [0.1, 0.15) is 139 Å².